The largest absolute Gasteiger partial charge is 0.481 e. The molecular weight excluding hydrogens is 278 g/mol. The first-order chi connectivity index (χ1) is 9.99. The summed E-state index contributed by atoms with van der Waals surface area (Å²) in [6.45, 7) is 3.17. The van der Waals surface area contributed by atoms with Gasteiger partial charge in [0.25, 0.3) is 0 Å². The Labute approximate surface area is 122 Å². The Morgan fingerprint density at radius 1 is 1.57 bits per heavy atom. The highest BCUT2D eigenvalue weighted by molar-refractivity contribution is 5.91. The van der Waals surface area contributed by atoms with Gasteiger partial charge in [0, 0.05) is 19.7 Å². The van der Waals surface area contributed by atoms with Crippen molar-refractivity contribution in [3.05, 3.63) is 0 Å². The van der Waals surface area contributed by atoms with Gasteiger partial charge in [0.05, 0.1) is 18.6 Å². The lowest BCUT2D eigenvalue weighted by atomic mass is 10.1. The second-order valence-corrected chi connectivity index (χ2v) is 5.39. The van der Waals surface area contributed by atoms with Crippen molar-refractivity contribution in [1.82, 2.24) is 15.5 Å². The summed E-state index contributed by atoms with van der Waals surface area (Å²) in [4.78, 5) is 36.2. The van der Waals surface area contributed by atoms with Crippen LogP contribution in [0.4, 0.5) is 4.79 Å². The number of urea groups is 1. The van der Waals surface area contributed by atoms with Gasteiger partial charge in [-0.25, -0.2) is 4.79 Å². The highest BCUT2D eigenvalue weighted by atomic mass is 16.5. The third kappa shape index (κ3) is 3.84. The molecule has 0 aromatic heterocycles. The third-order valence-corrected chi connectivity index (χ3v) is 3.83. The maximum absolute atomic E-state index is 12.3. The minimum atomic E-state index is -1.11. The summed E-state index contributed by atoms with van der Waals surface area (Å²) in [7, 11) is 0. The molecule has 3 atom stereocenters. The van der Waals surface area contributed by atoms with Crippen LogP contribution in [0.1, 0.15) is 26.2 Å². The molecular formula is C13H21N3O5. The first kappa shape index (κ1) is 15.6. The van der Waals surface area contributed by atoms with Gasteiger partial charge in [-0.05, 0) is 19.8 Å². The zero-order valence-corrected chi connectivity index (χ0v) is 12.0. The second kappa shape index (κ2) is 6.75. The molecule has 0 aromatic rings. The lowest BCUT2D eigenvalue weighted by Crippen LogP contribution is -2.61. The Balaban J connectivity index is 1.97. The summed E-state index contributed by atoms with van der Waals surface area (Å²) in [5, 5.41) is 14.3. The molecule has 0 radical (unpaired) electrons. The maximum Gasteiger partial charge on any atom is 0.318 e. The van der Waals surface area contributed by atoms with Gasteiger partial charge in [-0.3, -0.25) is 9.59 Å². The second-order valence-electron chi connectivity index (χ2n) is 5.39. The number of piperazine rings is 1. The van der Waals surface area contributed by atoms with Crippen LogP contribution in [0.3, 0.4) is 0 Å². The summed E-state index contributed by atoms with van der Waals surface area (Å²) < 4.78 is 5.51. The van der Waals surface area contributed by atoms with Crippen molar-refractivity contribution in [2.24, 2.45) is 0 Å². The van der Waals surface area contributed by atoms with Crippen LogP contribution in [0, 0.1) is 0 Å². The van der Waals surface area contributed by atoms with Crippen LogP contribution < -0.4 is 10.6 Å². The molecule has 0 spiro atoms. The Morgan fingerprint density at radius 2 is 2.33 bits per heavy atom. The van der Waals surface area contributed by atoms with E-state index < -0.39 is 30.4 Å². The van der Waals surface area contributed by atoms with Gasteiger partial charge in [-0.15, -0.1) is 0 Å². The standard InChI is InChI=1S/C13H21N3O5/c1-8(10-3-2-6-21-10)15-13(20)16-5-4-14-12(19)9(16)7-11(17)18/h8-10H,2-7H2,1H3,(H,14,19)(H,15,20)(H,17,18). The molecule has 2 saturated heterocycles. The smallest absolute Gasteiger partial charge is 0.318 e. The van der Waals surface area contributed by atoms with Crippen LogP contribution in [0.2, 0.25) is 0 Å². The Hall–Kier alpha value is -1.83. The molecule has 2 aliphatic rings. The summed E-state index contributed by atoms with van der Waals surface area (Å²) in [6.07, 6.45) is 1.44. The van der Waals surface area contributed by atoms with Gasteiger partial charge in [-0.1, -0.05) is 0 Å². The lowest BCUT2D eigenvalue weighted by Gasteiger charge is -2.35. The van der Waals surface area contributed by atoms with Crippen LogP contribution in [-0.4, -0.2) is 65.8 Å². The summed E-state index contributed by atoms with van der Waals surface area (Å²) >= 11 is 0. The van der Waals surface area contributed by atoms with E-state index in [0.29, 0.717) is 19.7 Å². The molecule has 0 saturated carbocycles. The highest BCUT2D eigenvalue weighted by Crippen LogP contribution is 2.16. The van der Waals surface area contributed by atoms with E-state index in [1.54, 1.807) is 0 Å². The monoisotopic (exact) mass is 299 g/mol. The van der Waals surface area contributed by atoms with Crippen molar-refractivity contribution in [3.63, 3.8) is 0 Å². The fraction of sp³-hybridized carbons (Fsp3) is 0.769. The van der Waals surface area contributed by atoms with Gasteiger partial charge >= 0.3 is 12.0 Å². The molecule has 0 aliphatic carbocycles. The maximum atomic E-state index is 12.3. The average Bonchev–Trinajstić information content (AvgIpc) is 2.94. The van der Waals surface area contributed by atoms with Crippen molar-refractivity contribution in [2.45, 2.75) is 44.4 Å². The summed E-state index contributed by atoms with van der Waals surface area (Å²) in [5.74, 6) is -1.54. The van der Waals surface area contributed by atoms with E-state index in [2.05, 4.69) is 10.6 Å². The van der Waals surface area contributed by atoms with Crippen molar-refractivity contribution in [1.29, 1.82) is 0 Å². The predicted molar refractivity (Wildman–Crippen MR) is 72.7 cm³/mol. The molecule has 2 heterocycles. The summed E-state index contributed by atoms with van der Waals surface area (Å²) in [5.41, 5.74) is 0. The van der Waals surface area contributed by atoms with E-state index >= 15 is 0 Å². The van der Waals surface area contributed by atoms with Gasteiger partial charge < -0.3 is 25.4 Å². The summed E-state index contributed by atoms with van der Waals surface area (Å²) in [6, 6.07) is -1.55. The predicted octanol–water partition coefficient (Wildman–Crippen LogP) is -0.461. The lowest BCUT2D eigenvalue weighted by molar-refractivity contribution is -0.142. The molecule has 21 heavy (non-hydrogen) atoms. The highest BCUT2D eigenvalue weighted by Gasteiger charge is 2.36. The van der Waals surface area contributed by atoms with E-state index in [4.69, 9.17) is 9.84 Å². The molecule has 2 fully saturated rings. The van der Waals surface area contributed by atoms with E-state index in [-0.39, 0.29) is 12.1 Å². The van der Waals surface area contributed by atoms with Crippen molar-refractivity contribution in [2.75, 3.05) is 19.7 Å². The Kier molecular flexibility index (Phi) is 5.00. The first-order valence-electron chi connectivity index (χ1n) is 7.17. The number of rotatable bonds is 4. The number of aliphatic carboxylic acids is 1. The number of amides is 3. The third-order valence-electron chi connectivity index (χ3n) is 3.83. The van der Waals surface area contributed by atoms with Crippen LogP contribution in [0.5, 0.6) is 0 Å². The van der Waals surface area contributed by atoms with Gasteiger partial charge in [0.1, 0.15) is 6.04 Å². The molecule has 2 rings (SSSR count). The van der Waals surface area contributed by atoms with Crippen LogP contribution in [0.15, 0.2) is 0 Å². The molecule has 0 bridgehead atoms. The SMILES string of the molecule is CC(NC(=O)N1CCNC(=O)C1CC(=O)O)C1CCCO1. The molecule has 0 aromatic carbocycles. The van der Waals surface area contributed by atoms with Gasteiger partial charge in [-0.2, -0.15) is 0 Å². The molecule has 3 N–H and O–H groups in total. The van der Waals surface area contributed by atoms with Crippen molar-refractivity contribution >= 4 is 17.9 Å². The Bertz CT molecular complexity index is 422. The molecule has 2 aliphatic heterocycles. The normalized spacial score (nSPS) is 27.1. The van der Waals surface area contributed by atoms with E-state index in [9.17, 15) is 14.4 Å². The van der Waals surface area contributed by atoms with E-state index in [0.717, 1.165) is 12.8 Å². The van der Waals surface area contributed by atoms with Crippen LogP contribution >= 0.6 is 0 Å². The Morgan fingerprint density at radius 3 is 2.95 bits per heavy atom. The fourth-order valence-corrected chi connectivity index (χ4v) is 2.69. The van der Waals surface area contributed by atoms with Gasteiger partial charge in [0.2, 0.25) is 5.91 Å². The number of ether oxygens (including phenoxy) is 1. The number of carboxylic acids is 1. The zero-order chi connectivity index (χ0) is 15.4. The van der Waals surface area contributed by atoms with E-state index in [1.807, 2.05) is 6.92 Å². The number of carboxylic acid groups (broad SMARTS) is 1. The fourth-order valence-electron chi connectivity index (χ4n) is 2.69. The minimum Gasteiger partial charge on any atom is -0.481 e. The number of nitrogens with zero attached hydrogens (tertiary/aromatic N) is 1. The first-order valence-corrected chi connectivity index (χ1v) is 7.17. The zero-order valence-electron chi connectivity index (χ0n) is 12.0. The van der Waals surface area contributed by atoms with Crippen LogP contribution in [0.25, 0.3) is 0 Å². The number of carbonyl (C=O) groups excluding carboxylic acids is 2. The minimum absolute atomic E-state index is 0.0227. The number of hydrogen-bond donors (Lipinski definition) is 3. The topological polar surface area (TPSA) is 108 Å². The molecule has 3 amide bonds. The number of hydrogen-bond acceptors (Lipinski definition) is 4. The number of carbonyl (C=O) groups is 3. The quantitative estimate of drug-likeness (QED) is 0.651. The average molecular weight is 299 g/mol. The molecule has 8 heteroatoms. The molecule has 3 unspecified atom stereocenters. The van der Waals surface area contributed by atoms with Crippen molar-refractivity contribution in [3.8, 4) is 0 Å². The number of nitrogens with one attached hydrogen (secondary N) is 2. The van der Waals surface area contributed by atoms with E-state index in [1.165, 1.54) is 4.90 Å². The molecule has 118 valence electrons. The van der Waals surface area contributed by atoms with Crippen molar-refractivity contribution < 1.29 is 24.2 Å². The van der Waals surface area contributed by atoms with Crippen LogP contribution in [-0.2, 0) is 14.3 Å². The van der Waals surface area contributed by atoms with Gasteiger partial charge in [0.15, 0.2) is 0 Å². The molecule has 8 nitrogen and oxygen atoms in total.